The van der Waals surface area contributed by atoms with Crippen LogP contribution in [0.5, 0.6) is 0 Å². The van der Waals surface area contributed by atoms with E-state index in [-0.39, 0.29) is 18.0 Å². The number of carbonyl (C=O) groups is 1. The van der Waals surface area contributed by atoms with Gasteiger partial charge in [0.05, 0.1) is 5.92 Å². The van der Waals surface area contributed by atoms with Gasteiger partial charge in [0.25, 0.3) is 0 Å². The molecule has 2 aliphatic rings. The van der Waals surface area contributed by atoms with Crippen molar-refractivity contribution in [3.8, 4) is 0 Å². The second kappa shape index (κ2) is 3.69. The maximum atomic E-state index is 11.2. The lowest BCUT2D eigenvalue weighted by atomic mass is 10.2. The van der Waals surface area contributed by atoms with Crippen molar-refractivity contribution >= 4 is 17.7 Å². The molecular formula is C9H14O2S. The molecule has 0 aromatic carbocycles. The molecule has 0 radical (unpaired) electrons. The van der Waals surface area contributed by atoms with Crippen molar-refractivity contribution in [3.63, 3.8) is 0 Å². The van der Waals surface area contributed by atoms with E-state index in [0.29, 0.717) is 0 Å². The van der Waals surface area contributed by atoms with Gasteiger partial charge in [-0.1, -0.05) is 0 Å². The largest absolute Gasteiger partial charge is 0.461 e. The minimum absolute atomic E-state index is 0.0579. The fourth-order valence-corrected chi connectivity index (χ4v) is 2.42. The van der Waals surface area contributed by atoms with Crippen LogP contribution >= 0.6 is 11.8 Å². The van der Waals surface area contributed by atoms with Gasteiger partial charge in [-0.3, -0.25) is 4.79 Å². The van der Waals surface area contributed by atoms with E-state index in [1.807, 2.05) is 11.8 Å². The third-order valence-electron chi connectivity index (χ3n) is 2.31. The Kier molecular flexibility index (Phi) is 2.59. The summed E-state index contributed by atoms with van der Waals surface area (Å²) in [4.78, 5) is 11.2. The molecule has 12 heavy (non-hydrogen) atoms. The zero-order chi connectivity index (χ0) is 8.39. The van der Waals surface area contributed by atoms with E-state index >= 15 is 0 Å². The van der Waals surface area contributed by atoms with Gasteiger partial charge in [0, 0.05) is 5.75 Å². The lowest BCUT2D eigenvalue weighted by molar-refractivity contribution is -0.149. The molecule has 1 heterocycles. The van der Waals surface area contributed by atoms with E-state index in [9.17, 15) is 4.79 Å². The number of rotatable bonds is 2. The predicted molar refractivity (Wildman–Crippen MR) is 49.2 cm³/mol. The number of ether oxygens (including phenoxy) is 1. The topological polar surface area (TPSA) is 26.3 Å². The molecule has 1 saturated heterocycles. The SMILES string of the molecule is O=C(OC1CCCSC1)C1CC1. The molecular weight excluding hydrogens is 172 g/mol. The van der Waals surface area contributed by atoms with E-state index in [4.69, 9.17) is 4.74 Å². The average Bonchev–Trinajstić information content (AvgIpc) is 2.88. The van der Waals surface area contributed by atoms with Crippen molar-refractivity contribution in [2.24, 2.45) is 5.92 Å². The van der Waals surface area contributed by atoms with Gasteiger partial charge in [-0.2, -0.15) is 11.8 Å². The molecule has 2 rings (SSSR count). The Morgan fingerprint density at radius 1 is 1.33 bits per heavy atom. The van der Waals surface area contributed by atoms with Crippen molar-refractivity contribution in [2.75, 3.05) is 11.5 Å². The van der Waals surface area contributed by atoms with Crippen molar-refractivity contribution in [1.29, 1.82) is 0 Å². The summed E-state index contributed by atoms with van der Waals surface area (Å²) in [6.45, 7) is 0. The summed E-state index contributed by atoms with van der Waals surface area (Å²) < 4.78 is 5.36. The van der Waals surface area contributed by atoms with Crippen molar-refractivity contribution < 1.29 is 9.53 Å². The van der Waals surface area contributed by atoms with Crippen LogP contribution in [0.4, 0.5) is 0 Å². The Labute approximate surface area is 77.0 Å². The van der Waals surface area contributed by atoms with Crippen LogP contribution in [0, 0.1) is 5.92 Å². The van der Waals surface area contributed by atoms with E-state index < -0.39 is 0 Å². The molecule has 1 unspecified atom stereocenters. The lowest BCUT2D eigenvalue weighted by Gasteiger charge is -2.21. The Morgan fingerprint density at radius 2 is 2.17 bits per heavy atom. The molecule has 0 amide bonds. The Hall–Kier alpha value is -0.180. The van der Waals surface area contributed by atoms with Gasteiger partial charge in [0.1, 0.15) is 6.10 Å². The van der Waals surface area contributed by atoms with Crippen LogP contribution in [0.25, 0.3) is 0 Å². The number of thioether (sulfide) groups is 1. The van der Waals surface area contributed by atoms with Gasteiger partial charge in [-0.25, -0.2) is 0 Å². The van der Waals surface area contributed by atoms with Crippen LogP contribution < -0.4 is 0 Å². The quantitative estimate of drug-likeness (QED) is 0.615. The molecule has 1 saturated carbocycles. The minimum atomic E-state index is 0.0579. The van der Waals surface area contributed by atoms with Crippen LogP contribution in [0.1, 0.15) is 25.7 Å². The minimum Gasteiger partial charge on any atom is -0.461 e. The van der Waals surface area contributed by atoms with E-state index in [0.717, 1.165) is 25.0 Å². The van der Waals surface area contributed by atoms with E-state index in [1.165, 1.54) is 12.2 Å². The number of hydrogen-bond donors (Lipinski definition) is 0. The molecule has 2 nitrogen and oxygen atoms in total. The third-order valence-corrected chi connectivity index (χ3v) is 3.50. The fourth-order valence-electron chi connectivity index (χ4n) is 1.38. The highest BCUT2D eigenvalue weighted by Crippen LogP contribution is 2.31. The molecule has 0 bridgehead atoms. The van der Waals surface area contributed by atoms with Gasteiger partial charge in [0.2, 0.25) is 0 Å². The summed E-state index contributed by atoms with van der Waals surface area (Å²) in [5, 5.41) is 0. The van der Waals surface area contributed by atoms with Crippen LogP contribution in [0.3, 0.4) is 0 Å². The molecule has 0 N–H and O–H groups in total. The summed E-state index contributed by atoms with van der Waals surface area (Å²) in [5.74, 6) is 2.56. The van der Waals surface area contributed by atoms with Gasteiger partial charge in [0.15, 0.2) is 0 Å². The van der Waals surface area contributed by atoms with Crippen molar-refractivity contribution in [3.05, 3.63) is 0 Å². The molecule has 68 valence electrons. The first-order chi connectivity index (χ1) is 5.86. The zero-order valence-electron chi connectivity index (χ0n) is 7.12. The molecule has 1 aliphatic heterocycles. The number of carbonyl (C=O) groups excluding carboxylic acids is 1. The standard InChI is InChI=1S/C9H14O2S/c10-9(7-3-4-7)11-8-2-1-5-12-6-8/h7-8H,1-6H2. The summed E-state index contributed by atoms with van der Waals surface area (Å²) in [6, 6.07) is 0. The smallest absolute Gasteiger partial charge is 0.309 e. The second-order valence-corrected chi connectivity index (χ2v) is 4.70. The van der Waals surface area contributed by atoms with Crippen LogP contribution in [0.15, 0.2) is 0 Å². The molecule has 1 aliphatic carbocycles. The van der Waals surface area contributed by atoms with Gasteiger partial charge >= 0.3 is 5.97 Å². The Balaban J connectivity index is 1.73. The number of hydrogen-bond acceptors (Lipinski definition) is 3. The zero-order valence-corrected chi connectivity index (χ0v) is 7.94. The third kappa shape index (κ3) is 2.16. The number of esters is 1. The van der Waals surface area contributed by atoms with Crippen LogP contribution in [-0.4, -0.2) is 23.6 Å². The monoisotopic (exact) mass is 186 g/mol. The lowest BCUT2D eigenvalue weighted by Crippen LogP contribution is -2.24. The van der Waals surface area contributed by atoms with Crippen LogP contribution in [0.2, 0.25) is 0 Å². The van der Waals surface area contributed by atoms with E-state index in [1.54, 1.807) is 0 Å². The summed E-state index contributed by atoms with van der Waals surface area (Å²) in [6.07, 6.45) is 4.60. The van der Waals surface area contributed by atoms with Gasteiger partial charge in [-0.05, 0) is 31.4 Å². The maximum absolute atomic E-state index is 11.2. The highest BCUT2D eigenvalue weighted by atomic mass is 32.2. The van der Waals surface area contributed by atoms with Gasteiger partial charge in [-0.15, -0.1) is 0 Å². The highest BCUT2D eigenvalue weighted by molar-refractivity contribution is 7.99. The van der Waals surface area contributed by atoms with Crippen molar-refractivity contribution in [1.82, 2.24) is 0 Å². The van der Waals surface area contributed by atoms with Gasteiger partial charge < -0.3 is 4.74 Å². The summed E-state index contributed by atoms with van der Waals surface area (Å²) >= 11 is 1.90. The molecule has 3 heteroatoms. The molecule has 0 spiro atoms. The summed E-state index contributed by atoms with van der Waals surface area (Å²) in [5.41, 5.74) is 0. The second-order valence-electron chi connectivity index (χ2n) is 3.55. The molecule has 0 aromatic rings. The van der Waals surface area contributed by atoms with Crippen LogP contribution in [-0.2, 0) is 9.53 Å². The maximum Gasteiger partial charge on any atom is 0.309 e. The fraction of sp³-hybridized carbons (Fsp3) is 0.889. The average molecular weight is 186 g/mol. The first-order valence-corrected chi connectivity index (χ1v) is 5.80. The predicted octanol–water partition coefficient (Wildman–Crippen LogP) is 1.84. The summed E-state index contributed by atoms with van der Waals surface area (Å²) in [7, 11) is 0. The molecule has 2 fully saturated rings. The molecule has 1 atom stereocenters. The van der Waals surface area contributed by atoms with Crippen molar-refractivity contribution in [2.45, 2.75) is 31.8 Å². The first kappa shape index (κ1) is 8.42. The van der Waals surface area contributed by atoms with E-state index in [2.05, 4.69) is 0 Å². The Bertz CT molecular complexity index is 171. The highest BCUT2D eigenvalue weighted by Gasteiger charge is 2.33. The molecule has 0 aromatic heterocycles. The Morgan fingerprint density at radius 3 is 2.75 bits per heavy atom. The first-order valence-electron chi connectivity index (χ1n) is 4.64. The normalized spacial score (nSPS) is 29.8.